The zero-order valence-electron chi connectivity index (χ0n) is 12.9. The summed E-state index contributed by atoms with van der Waals surface area (Å²) in [6, 6.07) is 7.68. The van der Waals surface area contributed by atoms with Gasteiger partial charge >= 0.3 is 0 Å². The van der Waals surface area contributed by atoms with Gasteiger partial charge in [0.2, 0.25) is 17.8 Å². The standard InChI is InChI=1S/C17H20N4O2/c22-15(20-17-18-13-3-1-2-4-14(13)19-17)11-7-9-21(10-8-11)16(23)12-5-6-12/h1-4,11-12H,5-10H2,(H2,18,19,20,22). The fourth-order valence-electron chi connectivity index (χ4n) is 3.18. The second-order valence-corrected chi connectivity index (χ2v) is 6.47. The minimum absolute atomic E-state index is 0.0115. The van der Waals surface area contributed by atoms with E-state index in [1.807, 2.05) is 29.2 Å². The Morgan fingerprint density at radius 3 is 2.52 bits per heavy atom. The summed E-state index contributed by atoms with van der Waals surface area (Å²) in [5, 5.41) is 2.87. The zero-order chi connectivity index (χ0) is 15.8. The number of fused-ring (bicyclic) bond motifs is 1. The minimum atomic E-state index is -0.0496. The van der Waals surface area contributed by atoms with Gasteiger partial charge in [0.1, 0.15) is 0 Å². The van der Waals surface area contributed by atoms with Crippen LogP contribution in [0.15, 0.2) is 24.3 Å². The molecule has 2 N–H and O–H groups in total. The van der Waals surface area contributed by atoms with Gasteiger partial charge < -0.3 is 9.88 Å². The van der Waals surface area contributed by atoms with Crippen molar-refractivity contribution in [2.24, 2.45) is 11.8 Å². The Bertz CT molecular complexity index is 709. The first-order valence-electron chi connectivity index (χ1n) is 8.25. The van der Waals surface area contributed by atoms with Gasteiger partial charge in [-0.2, -0.15) is 0 Å². The number of likely N-dealkylation sites (tertiary alicyclic amines) is 1. The van der Waals surface area contributed by atoms with E-state index >= 15 is 0 Å². The summed E-state index contributed by atoms with van der Waals surface area (Å²) in [6.45, 7) is 1.38. The summed E-state index contributed by atoms with van der Waals surface area (Å²) in [5.74, 6) is 0.971. The lowest BCUT2D eigenvalue weighted by Crippen LogP contribution is -2.42. The van der Waals surface area contributed by atoms with Crippen LogP contribution in [0.25, 0.3) is 11.0 Å². The first kappa shape index (κ1) is 14.2. The number of hydrogen-bond acceptors (Lipinski definition) is 3. The van der Waals surface area contributed by atoms with Crippen molar-refractivity contribution < 1.29 is 9.59 Å². The number of amides is 2. The summed E-state index contributed by atoms with van der Waals surface area (Å²) >= 11 is 0. The van der Waals surface area contributed by atoms with Crippen LogP contribution < -0.4 is 5.32 Å². The fourth-order valence-corrected chi connectivity index (χ4v) is 3.18. The molecule has 23 heavy (non-hydrogen) atoms. The molecule has 1 saturated carbocycles. The van der Waals surface area contributed by atoms with Crippen LogP contribution in [0, 0.1) is 11.8 Å². The van der Waals surface area contributed by atoms with Crippen molar-refractivity contribution in [1.82, 2.24) is 14.9 Å². The van der Waals surface area contributed by atoms with Gasteiger partial charge in [-0.15, -0.1) is 0 Å². The molecule has 2 fully saturated rings. The molecule has 0 spiro atoms. The van der Waals surface area contributed by atoms with Crippen LogP contribution >= 0.6 is 0 Å². The number of rotatable bonds is 3. The number of aromatic amines is 1. The summed E-state index contributed by atoms with van der Waals surface area (Å²) < 4.78 is 0. The molecular weight excluding hydrogens is 292 g/mol. The number of hydrogen-bond donors (Lipinski definition) is 2. The molecule has 0 unspecified atom stereocenters. The second-order valence-electron chi connectivity index (χ2n) is 6.47. The molecule has 0 radical (unpaired) electrons. The highest BCUT2D eigenvalue weighted by Crippen LogP contribution is 2.32. The molecule has 6 heteroatoms. The van der Waals surface area contributed by atoms with Crippen molar-refractivity contribution in [1.29, 1.82) is 0 Å². The molecule has 6 nitrogen and oxygen atoms in total. The van der Waals surface area contributed by atoms with Crippen LogP contribution in [-0.4, -0.2) is 39.8 Å². The van der Waals surface area contributed by atoms with Gasteiger partial charge in [0, 0.05) is 24.9 Å². The van der Waals surface area contributed by atoms with Crippen molar-refractivity contribution in [3.63, 3.8) is 0 Å². The molecule has 2 amide bonds. The molecular formula is C17H20N4O2. The smallest absolute Gasteiger partial charge is 0.229 e. The van der Waals surface area contributed by atoms with Crippen molar-refractivity contribution in [3.8, 4) is 0 Å². The number of carbonyl (C=O) groups is 2. The number of carbonyl (C=O) groups excluding carboxylic acids is 2. The number of piperidine rings is 1. The highest BCUT2D eigenvalue weighted by molar-refractivity contribution is 5.93. The van der Waals surface area contributed by atoms with E-state index in [1.54, 1.807) is 0 Å². The van der Waals surface area contributed by atoms with Gasteiger partial charge in [0.15, 0.2) is 0 Å². The summed E-state index contributed by atoms with van der Waals surface area (Å²) in [6.07, 6.45) is 3.52. The predicted octanol–water partition coefficient (Wildman–Crippen LogP) is 2.15. The SMILES string of the molecule is O=C(Nc1nc2ccccc2[nH]1)C1CCN(C(=O)C2CC2)CC1. The topological polar surface area (TPSA) is 78.1 Å². The van der Waals surface area contributed by atoms with E-state index in [4.69, 9.17) is 0 Å². The van der Waals surface area contributed by atoms with E-state index in [2.05, 4.69) is 15.3 Å². The van der Waals surface area contributed by atoms with Crippen LogP contribution in [0.3, 0.4) is 0 Å². The second kappa shape index (κ2) is 5.68. The number of nitrogens with one attached hydrogen (secondary N) is 2. The highest BCUT2D eigenvalue weighted by Gasteiger charge is 2.36. The van der Waals surface area contributed by atoms with E-state index < -0.39 is 0 Å². The monoisotopic (exact) mass is 312 g/mol. The zero-order valence-corrected chi connectivity index (χ0v) is 12.9. The fraction of sp³-hybridized carbons (Fsp3) is 0.471. The summed E-state index contributed by atoms with van der Waals surface area (Å²) in [7, 11) is 0. The molecule has 1 aromatic heterocycles. The maximum Gasteiger partial charge on any atom is 0.229 e. The lowest BCUT2D eigenvalue weighted by molar-refractivity contribution is -0.135. The van der Waals surface area contributed by atoms with Gasteiger partial charge in [0.05, 0.1) is 11.0 Å². The van der Waals surface area contributed by atoms with Crippen LogP contribution in [0.5, 0.6) is 0 Å². The van der Waals surface area contributed by atoms with Crippen molar-refractivity contribution in [2.45, 2.75) is 25.7 Å². The van der Waals surface area contributed by atoms with E-state index in [-0.39, 0.29) is 23.7 Å². The molecule has 4 rings (SSSR count). The molecule has 0 atom stereocenters. The van der Waals surface area contributed by atoms with E-state index in [1.165, 1.54) is 0 Å². The van der Waals surface area contributed by atoms with E-state index in [0.717, 1.165) is 36.7 Å². The minimum Gasteiger partial charge on any atom is -0.342 e. The molecule has 1 aliphatic carbocycles. The quantitative estimate of drug-likeness (QED) is 0.911. The number of benzene rings is 1. The van der Waals surface area contributed by atoms with Crippen molar-refractivity contribution in [3.05, 3.63) is 24.3 Å². The van der Waals surface area contributed by atoms with Crippen LogP contribution in [-0.2, 0) is 9.59 Å². The molecule has 2 heterocycles. The van der Waals surface area contributed by atoms with Gasteiger partial charge in [-0.1, -0.05) is 12.1 Å². The number of imidazole rings is 1. The summed E-state index contributed by atoms with van der Waals surface area (Å²) in [4.78, 5) is 33.8. The van der Waals surface area contributed by atoms with E-state index in [9.17, 15) is 9.59 Å². The van der Waals surface area contributed by atoms with Crippen molar-refractivity contribution in [2.75, 3.05) is 18.4 Å². The predicted molar refractivity (Wildman–Crippen MR) is 86.8 cm³/mol. The maximum atomic E-state index is 12.4. The molecule has 1 aliphatic heterocycles. The van der Waals surface area contributed by atoms with Gasteiger partial charge in [-0.05, 0) is 37.8 Å². The number of anilines is 1. The van der Waals surface area contributed by atoms with E-state index in [0.29, 0.717) is 19.0 Å². The summed E-state index contributed by atoms with van der Waals surface area (Å²) in [5.41, 5.74) is 1.75. The Morgan fingerprint density at radius 2 is 1.83 bits per heavy atom. The Kier molecular flexibility index (Phi) is 3.52. The lowest BCUT2D eigenvalue weighted by atomic mass is 9.95. The van der Waals surface area contributed by atoms with Gasteiger partial charge in [-0.3, -0.25) is 14.9 Å². The van der Waals surface area contributed by atoms with Crippen molar-refractivity contribution >= 4 is 28.8 Å². The molecule has 1 saturated heterocycles. The average molecular weight is 312 g/mol. The first-order valence-corrected chi connectivity index (χ1v) is 8.25. The Hall–Kier alpha value is -2.37. The number of para-hydroxylation sites is 2. The molecule has 2 aliphatic rings. The van der Waals surface area contributed by atoms with Gasteiger partial charge in [0.25, 0.3) is 0 Å². The average Bonchev–Trinajstić information content (AvgIpc) is 3.34. The third-order valence-electron chi connectivity index (χ3n) is 4.73. The number of nitrogens with zero attached hydrogens (tertiary/aromatic N) is 2. The third-order valence-corrected chi connectivity index (χ3v) is 4.73. The molecule has 1 aromatic carbocycles. The Morgan fingerprint density at radius 1 is 1.09 bits per heavy atom. The number of H-pyrrole nitrogens is 1. The van der Waals surface area contributed by atoms with Crippen LogP contribution in [0.2, 0.25) is 0 Å². The van der Waals surface area contributed by atoms with Crippen LogP contribution in [0.1, 0.15) is 25.7 Å². The highest BCUT2D eigenvalue weighted by atomic mass is 16.2. The largest absolute Gasteiger partial charge is 0.342 e. The molecule has 0 bridgehead atoms. The Balaban J connectivity index is 1.35. The Labute approximate surface area is 134 Å². The molecule has 2 aromatic rings. The third kappa shape index (κ3) is 2.93. The maximum absolute atomic E-state index is 12.4. The van der Waals surface area contributed by atoms with Gasteiger partial charge in [-0.25, -0.2) is 4.98 Å². The first-order chi connectivity index (χ1) is 11.2. The van der Waals surface area contributed by atoms with Crippen LogP contribution in [0.4, 0.5) is 5.95 Å². The molecule has 120 valence electrons. The lowest BCUT2D eigenvalue weighted by Gasteiger charge is -2.31. The normalized spacial score (nSPS) is 19.0. The number of aromatic nitrogens is 2.